The molecule has 2 amide bonds. The molecule has 3 aliphatic carbocycles. The molecule has 2 aromatic carbocycles. The Morgan fingerprint density at radius 1 is 1.05 bits per heavy atom. The van der Waals surface area contributed by atoms with Gasteiger partial charge in [0.05, 0.1) is 17.9 Å². The van der Waals surface area contributed by atoms with E-state index in [1.165, 1.54) is 23.3 Å². The predicted molar refractivity (Wildman–Crippen MR) is 156 cm³/mol. The van der Waals surface area contributed by atoms with Gasteiger partial charge in [-0.05, 0) is 79.9 Å². The number of furan rings is 1. The highest BCUT2D eigenvalue weighted by atomic mass is 16.4. The Hall–Kier alpha value is -5.20. The molecule has 0 radical (unpaired) electrons. The topological polar surface area (TPSA) is 204 Å². The molecule has 3 aromatic rings. The normalized spacial score (nSPS) is 24.6. The number of aromatic hydroxyl groups is 1. The van der Waals surface area contributed by atoms with Gasteiger partial charge in [-0.15, -0.1) is 0 Å². The van der Waals surface area contributed by atoms with E-state index >= 15 is 0 Å². The molecular formula is C32H29N3O9. The zero-order valence-electron chi connectivity index (χ0n) is 23.7. The third kappa shape index (κ3) is 4.13. The van der Waals surface area contributed by atoms with Crippen LogP contribution in [0.2, 0.25) is 0 Å². The van der Waals surface area contributed by atoms with Crippen molar-refractivity contribution >= 4 is 34.8 Å². The fraction of sp³-hybridized carbons (Fsp3) is 0.250. The number of hydrogen-bond acceptors (Lipinski definition) is 10. The van der Waals surface area contributed by atoms with Gasteiger partial charge in [0.1, 0.15) is 22.8 Å². The number of hydrogen-bond donors (Lipinski definition) is 6. The van der Waals surface area contributed by atoms with Crippen LogP contribution in [0.4, 0.5) is 5.69 Å². The van der Waals surface area contributed by atoms with Gasteiger partial charge in [-0.3, -0.25) is 24.1 Å². The van der Waals surface area contributed by atoms with E-state index in [4.69, 9.17) is 10.2 Å². The number of carbonyl (C=O) groups excluding carboxylic acids is 4. The maximum Gasteiger partial charge on any atom is 0.291 e. The largest absolute Gasteiger partial charge is 0.508 e. The zero-order valence-corrected chi connectivity index (χ0v) is 23.7. The van der Waals surface area contributed by atoms with E-state index in [1.807, 2.05) is 0 Å². The number of phenols is 1. The molecule has 226 valence electrons. The minimum absolute atomic E-state index is 0.00557. The molecule has 1 saturated carbocycles. The van der Waals surface area contributed by atoms with E-state index < -0.39 is 64.0 Å². The number of rotatable bonds is 5. The maximum absolute atomic E-state index is 14.0. The van der Waals surface area contributed by atoms with Crippen molar-refractivity contribution in [3.8, 4) is 16.9 Å². The van der Waals surface area contributed by atoms with Crippen LogP contribution in [0.15, 0.2) is 76.1 Å². The number of ketones is 2. The number of anilines is 1. The zero-order chi connectivity index (χ0) is 31.7. The number of nitrogens with zero attached hydrogens (tertiary/aromatic N) is 1. The second-order valence-corrected chi connectivity index (χ2v) is 11.5. The Balaban J connectivity index is 1.43. The quantitative estimate of drug-likeness (QED) is 0.236. The third-order valence-corrected chi connectivity index (χ3v) is 8.80. The van der Waals surface area contributed by atoms with Gasteiger partial charge in [0.2, 0.25) is 5.78 Å². The average molecular weight is 600 g/mol. The van der Waals surface area contributed by atoms with Crippen molar-refractivity contribution in [3.05, 3.63) is 88.6 Å². The predicted octanol–water partition coefficient (Wildman–Crippen LogP) is 2.48. The van der Waals surface area contributed by atoms with Crippen LogP contribution in [-0.2, 0) is 20.8 Å². The lowest BCUT2D eigenvalue weighted by molar-refractivity contribution is -0.153. The van der Waals surface area contributed by atoms with E-state index in [1.54, 1.807) is 50.5 Å². The van der Waals surface area contributed by atoms with Crippen LogP contribution in [0.1, 0.15) is 28.1 Å². The number of amides is 2. The molecule has 1 aromatic heterocycles. The van der Waals surface area contributed by atoms with Crippen molar-refractivity contribution < 1.29 is 44.0 Å². The minimum atomic E-state index is -2.70. The number of phenolic OH excluding ortho intramolecular Hbond substituents is 1. The smallest absolute Gasteiger partial charge is 0.291 e. The number of nitrogens with two attached hydrogens (primary N) is 1. The maximum atomic E-state index is 14.0. The van der Waals surface area contributed by atoms with Crippen LogP contribution in [0, 0.1) is 11.8 Å². The molecule has 44 heavy (non-hydrogen) atoms. The summed E-state index contributed by atoms with van der Waals surface area (Å²) in [6.45, 7) is 0. The molecule has 0 saturated heterocycles. The molecule has 3 aliphatic rings. The van der Waals surface area contributed by atoms with Gasteiger partial charge in [0.25, 0.3) is 11.8 Å². The number of nitrogens with one attached hydrogen (secondary N) is 1. The number of benzene rings is 2. The molecule has 6 rings (SSSR count). The molecule has 12 heteroatoms. The lowest BCUT2D eigenvalue weighted by Crippen LogP contribution is -2.65. The Morgan fingerprint density at radius 3 is 2.36 bits per heavy atom. The van der Waals surface area contributed by atoms with Crippen LogP contribution in [-0.4, -0.2) is 74.4 Å². The third-order valence-electron chi connectivity index (χ3n) is 8.80. The molecular weight excluding hydrogens is 570 g/mol. The molecule has 7 N–H and O–H groups in total. The molecule has 0 aliphatic heterocycles. The highest BCUT2D eigenvalue weighted by Gasteiger charge is 2.64. The van der Waals surface area contributed by atoms with Gasteiger partial charge < -0.3 is 35.9 Å². The first-order valence-electron chi connectivity index (χ1n) is 13.8. The number of primary amides is 1. The van der Waals surface area contributed by atoms with E-state index in [2.05, 4.69) is 5.32 Å². The van der Waals surface area contributed by atoms with Crippen molar-refractivity contribution in [2.75, 3.05) is 19.4 Å². The van der Waals surface area contributed by atoms with Crippen LogP contribution in [0.3, 0.4) is 0 Å². The Labute approximate surface area is 250 Å². The SMILES string of the molecule is CN(C)[C@H]1C(=O)C(C(N)=O)=C(O)[C@]2(O)C(=O)C3=C(O)c4c(O)ccc(-c5ccc(NC(=O)c6ccco6)cc5)c4C[C@H]3C[C@H]12. The monoisotopic (exact) mass is 599 g/mol. The summed E-state index contributed by atoms with van der Waals surface area (Å²) in [6, 6.07) is 11.9. The van der Waals surface area contributed by atoms with E-state index in [0.717, 1.165) is 0 Å². The molecule has 0 unspecified atom stereocenters. The summed E-state index contributed by atoms with van der Waals surface area (Å²) >= 11 is 0. The summed E-state index contributed by atoms with van der Waals surface area (Å²) in [5.41, 5.74) is 3.95. The summed E-state index contributed by atoms with van der Waals surface area (Å²) in [4.78, 5) is 53.2. The average Bonchev–Trinajstić information content (AvgIpc) is 3.51. The second kappa shape index (κ2) is 10.2. The van der Waals surface area contributed by atoms with Crippen LogP contribution in [0.25, 0.3) is 16.9 Å². The van der Waals surface area contributed by atoms with Gasteiger partial charge in [-0.25, -0.2) is 0 Å². The van der Waals surface area contributed by atoms with E-state index in [0.29, 0.717) is 22.4 Å². The first kappa shape index (κ1) is 28.9. The number of fused-ring (bicyclic) bond motifs is 3. The summed E-state index contributed by atoms with van der Waals surface area (Å²) in [5.74, 6) is -7.32. The van der Waals surface area contributed by atoms with Crippen LogP contribution < -0.4 is 11.1 Å². The lowest BCUT2D eigenvalue weighted by Gasteiger charge is -2.50. The summed E-state index contributed by atoms with van der Waals surface area (Å²) in [7, 11) is 3.09. The summed E-state index contributed by atoms with van der Waals surface area (Å²) in [6.07, 6.45) is 1.53. The lowest BCUT2D eigenvalue weighted by atomic mass is 9.57. The van der Waals surface area contributed by atoms with Gasteiger partial charge >= 0.3 is 0 Å². The fourth-order valence-electron chi connectivity index (χ4n) is 6.85. The molecule has 0 spiro atoms. The number of likely N-dealkylation sites (N-methyl/N-ethyl adjacent to an activating group) is 1. The number of aliphatic hydroxyl groups is 3. The van der Waals surface area contributed by atoms with Crippen LogP contribution >= 0.6 is 0 Å². The van der Waals surface area contributed by atoms with Crippen molar-refractivity contribution in [3.63, 3.8) is 0 Å². The standard InChI is InChI=1S/C32H29N3O9/c1-35(2)25-19-13-15-12-18-17(14-5-7-16(8-6-14)34-31(42)21-4-3-11-44-21)9-10-20(36)23(18)26(37)22(15)28(39)32(19,43)29(40)24(27(25)38)30(33)41/h3-11,15,19,25,36-37,40,43H,12-13H2,1-2H3,(H2,33,41)(H,34,42)/t15-,19+,25+,32+/m0/s1. The minimum Gasteiger partial charge on any atom is -0.508 e. The second-order valence-electron chi connectivity index (χ2n) is 11.5. The molecule has 4 atom stereocenters. The Morgan fingerprint density at radius 2 is 1.75 bits per heavy atom. The van der Waals surface area contributed by atoms with Gasteiger partial charge in [-0.2, -0.15) is 0 Å². The van der Waals surface area contributed by atoms with Crippen LogP contribution in [0.5, 0.6) is 5.75 Å². The Kier molecular flexibility index (Phi) is 6.71. The highest BCUT2D eigenvalue weighted by molar-refractivity contribution is 6.24. The van der Waals surface area contributed by atoms with Crippen molar-refractivity contribution in [2.45, 2.75) is 24.5 Å². The van der Waals surface area contributed by atoms with Gasteiger partial charge in [-0.1, -0.05) is 18.2 Å². The number of aliphatic hydroxyl groups excluding tert-OH is 2. The first-order valence-corrected chi connectivity index (χ1v) is 13.8. The molecule has 1 fully saturated rings. The van der Waals surface area contributed by atoms with Gasteiger partial charge in [0, 0.05) is 17.2 Å². The molecule has 1 heterocycles. The fourth-order valence-corrected chi connectivity index (χ4v) is 6.85. The summed E-state index contributed by atoms with van der Waals surface area (Å²) in [5, 5.41) is 47.8. The van der Waals surface area contributed by atoms with Crippen molar-refractivity contribution in [1.82, 2.24) is 4.90 Å². The van der Waals surface area contributed by atoms with E-state index in [-0.39, 0.29) is 35.5 Å². The summed E-state index contributed by atoms with van der Waals surface area (Å²) < 4.78 is 5.12. The number of carbonyl (C=O) groups is 4. The van der Waals surface area contributed by atoms with Gasteiger partial charge in [0.15, 0.2) is 17.1 Å². The Bertz CT molecular complexity index is 1800. The first-order chi connectivity index (χ1) is 20.9. The van der Waals surface area contributed by atoms with Crippen molar-refractivity contribution in [1.29, 1.82) is 0 Å². The molecule has 0 bridgehead atoms. The van der Waals surface area contributed by atoms with E-state index in [9.17, 15) is 39.6 Å². The molecule has 12 nitrogen and oxygen atoms in total. The van der Waals surface area contributed by atoms with Crippen molar-refractivity contribution in [2.24, 2.45) is 17.6 Å². The number of Topliss-reactive ketones (excluding diaryl/α,β-unsaturated/α-hetero) is 2. The highest BCUT2D eigenvalue weighted by Crippen LogP contribution is 2.53.